The molecule has 1 aliphatic rings. The fraction of sp³-hybridized carbons (Fsp3) is 0.714. The summed E-state index contributed by atoms with van der Waals surface area (Å²) < 4.78 is 37.7. The molecule has 0 amide bonds. The molecule has 1 unspecified atom stereocenters. The van der Waals surface area contributed by atoms with Crippen molar-refractivity contribution in [3.63, 3.8) is 0 Å². The Morgan fingerprint density at radius 2 is 2.19 bits per heavy atom. The zero-order valence-corrected chi connectivity index (χ0v) is 13.2. The van der Waals surface area contributed by atoms with Crippen molar-refractivity contribution in [3.05, 3.63) is 17.9 Å². The molecule has 0 radical (unpaired) electrons. The number of sulfonamides is 1. The van der Waals surface area contributed by atoms with E-state index in [4.69, 9.17) is 9.15 Å². The third-order valence-corrected chi connectivity index (χ3v) is 4.70. The van der Waals surface area contributed by atoms with E-state index in [0.717, 1.165) is 32.2 Å². The summed E-state index contributed by atoms with van der Waals surface area (Å²) in [6.45, 7) is 4.49. The summed E-state index contributed by atoms with van der Waals surface area (Å²) in [6.07, 6.45) is 4.02. The highest BCUT2D eigenvalue weighted by Gasteiger charge is 2.21. The number of furan rings is 1. The maximum atomic E-state index is 12.1. The van der Waals surface area contributed by atoms with Crippen molar-refractivity contribution in [1.29, 1.82) is 0 Å². The summed E-state index contributed by atoms with van der Waals surface area (Å²) in [6, 6.07) is 3.18. The fourth-order valence-electron chi connectivity index (χ4n) is 2.23. The lowest BCUT2D eigenvalue weighted by atomic mass is 10.1. The van der Waals surface area contributed by atoms with Crippen LogP contribution in [0.2, 0.25) is 0 Å². The van der Waals surface area contributed by atoms with Gasteiger partial charge in [-0.2, -0.15) is 0 Å². The molecular formula is C14H24N2O4S. The van der Waals surface area contributed by atoms with Gasteiger partial charge in [-0.1, -0.05) is 6.92 Å². The molecule has 2 N–H and O–H groups in total. The van der Waals surface area contributed by atoms with Gasteiger partial charge in [0.25, 0.3) is 10.0 Å². The maximum Gasteiger partial charge on any atom is 0.274 e. The van der Waals surface area contributed by atoms with Crippen molar-refractivity contribution < 1.29 is 17.6 Å². The van der Waals surface area contributed by atoms with Gasteiger partial charge in [-0.25, -0.2) is 13.1 Å². The van der Waals surface area contributed by atoms with Crippen molar-refractivity contribution in [1.82, 2.24) is 10.0 Å². The highest BCUT2D eigenvalue weighted by Crippen LogP contribution is 2.16. The van der Waals surface area contributed by atoms with E-state index in [1.807, 2.05) is 0 Å². The van der Waals surface area contributed by atoms with Crippen LogP contribution in [0.4, 0.5) is 0 Å². The topological polar surface area (TPSA) is 80.6 Å². The van der Waals surface area contributed by atoms with Gasteiger partial charge in [0, 0.05) is 13.2 Å². The Kier molecular flexibility index (Phi) is 6.22. The standard InChI is InChI=1S/C14H24N2O4S/c1-2-8-15-10-13-6-7-14(20-13)21(17,18)16-11-12-5-3-4-9-19-12/h6-7,12,15-16H,2-5,8-11H2,1H3. The van der Waals surface area contributed by atoms with Gasteiger partial charge in [-0.05, 0) is 44.4 Å². The van der Waals surface area contributed by atoms with E-state index in [1.54, 1.807) is 6.07 Å². The monoisotopic (exact) mass is 316 g/mol. The predicted octanol–water partition coefficient (Wildman–Crippen LogP) is 1.63. The van der Waals surface area contributed by atoms with E-state index in [1.165, 1.54) is 6.07 Å². The average molecular weight is 316 g/mol. The first-order chi connectivity index (χ1) is 10.1. The van der Waals surface area contributed by atoms with E-state index in [2.05, 4.69) is 17.0 Å². The van der Waals surface area contributed by atoms with Crippen molar-refractivity contribution in [2.45, 2.75) is 50.3 Å². The van der Waals surface area contributed by atoms with Crippen LogP contribution in [-0.4, -0.2) is 34.2 Å². The fourth-order valence-corrected chi connectivity index (χ4v) is 3.24. The summed E-state index contributed by atoms with van der Waals surface area (Å²) in [5, 5.41) is 3.14. The summed E-state index contributed by atoms with van der Waals surface area (Å²) in [7, 11) is -3.59. The molecule has 1 fully saturated rings. The quantitative estimate of drug-likeness (QED) is 0.713. The zero-order valence-electron chi connectivity index (χ0n) is 12.4. The van der Waals surface area contributed by atoms with E-state index < -0.39 is 10.0 Å². The Morgan fingerprint density at radius 1 is 1.33 bits per heavy atom. The van der Waals surface area contributed by atoms with E-state index in [-0.39, 0.29) is 11.2 Å². The summed E-state index contributed by atoms with van der Waals surface area (Å²) >= 11 is 0. The van der Waals surface area contributed by atoms with Crippen LogP contribution in [0.1, 0.15) is 38.4 Å². The van der Waals surface area contributed by atoms with E-state index in [9.17, 15) is 8.42 Å². The number of hydrogen-bond acceptors (Lipinski definition) is 5. The van der Waals surface area contributed by atoms with Crippen molar-refractivity contribution in [2.24, 2.45) is 0 Å². The molecule has 1 saturated heterocycles. The normalized spacial score (nSPS) is 19.8. The summed E-state index contributed by atoms with van der Waals surface area (Å²) in [4.78, 5) is 0. The van der Waals surface area contributed by atoms with Crippen LogP contribution in [0, 0.1) is 0 Å². The largest absolute Gasteiger partial charge is 0.447 e. The summed E-state index contributed by atoms with van der Waals surface area (Å²) in [5.74, 6) is 0.623. The Labute approximate surface area is 126 Å². The molecule has 0 spiro atoms. The first-order valence-electron chi connectivity index (χ1n) is 7.52. The molecule has 1 aromatic rings. The smallest absolute Gasteiger partial charge is 0.274 e. The maximum absolute atomic E-state index is 12.1. The zero-order chi connectivity index (χ0) is 15.1. The van der Waals surface area contributed by atoms with Crippen LogP contribution in [0.15, 0.2) is 21.6 Å². The second-order valence-electron chi connectivity index (χ2n) is 5.24. The van der Waals surface area contributed by atoms with Gasteiger partial charge < -0.3 is 14.5 Å². The van der Waals surface area contributed by atoms with Gasteiger partial charge in [0.2, 0.25) is 5.09 Å². The Hall–Kier alpha value is -0.890. The van der Waals surface area contributed by atoms with Gasteiger partial charge in [0.05, 0.1) is 12.6 Å². The summed E-state index contributed by atoms with van der Waals surface area (Å²) in [5.41, 5.74) is 0. The minimum Gasteiger partial charge on any atom is -0.447 e. The predicted molar refractivity (Wildman–Crippen MR) is 79.5 cm³/mol. The van der Waals surface area contributed by atoms with Crippen LogP contribution in [-0.2, 0) is 21.3 Å². The van der Waals surface area contributed by atoms with Gasteiger partial charge in [0.1, 0.15) is 5.76 Å². The molecule has 2 rings (SSSR count). The lowest BCUT2D eigenvalue weighted by Gasteiger charge is -2.22. The average Bonchev–Trinajstić information content (AvgIpc) is 2.96. The molecule has 1 aliphatic heterocycles. The SMILES string of the molecule is CCCNCc1ccc(S(=O)(=O)NCC2CCCCO2)o1. The highest BCUT2D eigenvalue weighted by molar-refractivity contribution is 7.89. The number of nitrogens with one attached hydrogen (secondary N) is 2. The van der Waals surface area contributed by atoms with Crippen molar-refractivity contribution >= 4 is 10.0 Å². The Morgan fingerprint density at radius 3 is 2.90 bits per heavy atom. The lowest BCUT2D eigenvalue weighted by Crippen LogP contribution is -2.35. The van der Waals surface area contributed by atoms with Crippen LogP contribution < -0.4 is 10.0 Å². The Bertz CT molecular complexity index is 521. The van der Waals surface area contributed by atoms with Gasteiger partial charge in [-0.15, -0.1) is 0 Å². The van der Waals surface area contributed by atoms with Crippen molar-refractivity contribution in [3.8, 4) is 0 Å². The first-order valence-corrected chi connectivity index (χ1v) is 9.01. The van der Waals surface area contributed by atoms with Crippen LogP contribution in [0.3, 0.4) is 0 Å². The molecule has 7 heteroatoms. The molecule has 0 aliphatic carbocycles. The second kappa shape index (κ2) is 7.93. The van der Waals surface area contributed by atoms with Crippen LogP contribution >= 0.6 is 0 Å². The van der Waals surface area contributed by atoms with E-state index >= 15 is 0 Å². The molecule has 6 nitrogen and oxygen atoms in total. The molecule has 21 heavy (non-hydrogen) atoms. The third kappa shape index (κ3) is 5.10. The first kappa shape index (κ1) is 16.5. The van der Waals surface area contributed by atoms with Gasteiger partial charge in [0.15, 0.2) is 0 Å². The molecule has 120 valence electrons. The molecule has 2 heterocycles. The Balaban J connectivity index is 1.86. The number of hydrogen-bond donors (Lipinski definition) is 2. The molecule has 0 aromatic carbocycles. The molecule has 0 saturated carbocycles. The molecular weight excluding hydrogens is 292 g/mol. The minimum absolute atomic E-state index is 0.0332. The number of rotatable bonds is 8. The lowest BCUT2D eigenvalue weighted by molar-refractivity contribution is 0.0200. The van der Waals surface area contributed by atoms with Crippen molar-refractivity contribution in [2.75, 3.05) is 19.7 Å². The van der Waals surface area contributed by atoms with E-state index in [0.29, 0.717) is 25.5 Å². The van der Waals surface area contributed by atoms with Gasteiger partial charge in [-0.3, -0.25) is 0 Å². The third-order valence-electron chi connectivity index (χ3n) is 3.40. The molecule has 1 aromatic heterocycles. The minimum atomic E-state index is -3.59. The highest BCUT2D eigenvalue weighted by atomic mass is 32.2. The van der Waals surface area contributed by atoms with Crippen LogP contribution in [0.5, 0.6) is 0 Å². The van der Waals surface area contributed by atoms with Crippen LogP contribution in [0.25, 0.3) is 0 Å². The molecule has 0 bridgehead atoms. The second-order valence-corrected chi connectivity index (χ2v) is 6.94. The molecule has 1 atom stereocenters. The van der Waals surface area contributed by atoms with Gasteiger partial charge >= 0.3 is 0 Å². The number of ether oxygens (including phenoxy) is 1.